The van der Waals surface area contributed by atoms with Gasteiger partial charge in [-0.25, -0.2) is 4.90 Å². The minimum Gasteiger partial charge on any atom is -0.441 e. The monoisotopic (exact) mass is 419 g/mol. The Morgan fingerprint density at radius 3 is 1.47 bits per heavy atom. The fraction of sp³-hybridized carbons (Fsp3) is 0.172. The van der Waals surface area contributed by atoms with Crippen molar-refractivity contribution in [3.63, 3.8) is 0 Å². The summed E-state index contributed by atoms with van der Waals surface area (Å²) in [5.74, 6) is 1.77. The van der Waals surface area contributed by atoms with E-state index in [1.165, 1.54) is 44.5 Å². The predicted molar refractivity (Wildman–Crippen MR) is 128 cm³/mol. The normalized spacial score (nSPS) is 13.0. The largest absolute Gasteiger partial charge is 0.441 e. The Balaban J connectivity index is 1.31. The Kier molecular flexibility index (Phi) is 4.51. The van der Waals surface area contributed by atoms with Crippen molar-refractivity contribution in [2.45, 2.75) is 19.3 Å². The molecule has 0 spiro atoms. The molecular formula is C29H25NO2. The molecule has 3 heteroatoms. The van der Waals surface area contributed by atoms with Gasteiger partial charge >= 0.3 is 6.41 Å². The van der Waals surface area contributed by atoms with Gasteiger partial charge in [-0.15, -0.1) is 0 Å². The van der Waals surface area contributed by atoms with Crippen molar-refractivity contribution in [2.24, 2.45) is 0 Å². The zero-order valence-corrected chi connectivity index (χ0v) is 18.3. The van der Waals surface area contributed by atoms with Crippen molar-refractivity contribution in [3.05, 3.63) is 107 Å². The van der Waals surface area contributed by atoms with E-state index in [-0.39, 0.29) is 0 Å². The van der Waals surface area contributed by atoms with Gasteiger partial charge < -0.3 is 9.47 Å². The maximum Gasteiger partial charge on any atom is 0.304 e. The predicted octanol–water partition coefficient (Wildman–Crippen LogP) is 6.13. The zero-order chi connectivity index (χ0) is 21.7. The summed E-state index contributed by atoms with van der Waals surface area (Å²) in [6.07, 6.45) is 1.25. The van der Waals surface area contributed by atoms with Crippen molar-refractivity contribution < 1.29 is 9.47 Å². The van der Waals surface area contributed by atoms with Crippen molar-refractivity contribution in [1.82, 2.24) is 4.90 Å². The van der Waals surface area contributed by atoms with E-state index < -0.39 is 6.41 Å². The molecule has 158 valence electrons. The van der Waals surface area contributed by atoms with Crippen LogP contribution in [-0.4, -0.2) is 25.4 Å². The van der Waals surface area contributed by atoms with E-state index in [9.17, 15) is 0 Å². The van der Waals surface area contributed by atoms with Crippen molar-refractivity contribution in [3.8, 4) is 33.8 Å². The number of benzene rings is 4. The van der Waals surface area contributed by atoms with Crippen LogP contribution < -0.4 is 9.47 Å². The first kappa shape index (κ1) is 19.1. The van der Waals surface area contributed by atoms with Crippen LogP contribution in [0.3, 0.4) is 0 Å². The summed E-state index contributed by atoms with van der Waals surface area (Å²) < 4.78 is 13.0. The number of fused-ring (bicyclic) bond motifs is 6. The van der Waals surface area contributed by atoms with Gasteiger partial charge in [-0.3, -0.25) is 0 Å². The molecule has 0 bridgehead atoms. The van der Waals surface area contributed by atoms with Gasteiger partial charge in [0.1, 0.15) is 11.5 Å². The third-order valence-corrected chi connectivity index (χ3v) is 6.49. The van der Waals surface area contributed by atoms with E-state index in [4.69, 9.17) is 9.47 Å². The van der Waals surface area contributed by atoms with Crippen LogP contribution in [-0.2, 0) is 12.8 Å². The smallest absolute Gasteiger partial charge is 0.304 e. The molecule has 2 aliphatic carbocycles. The molecule has 6 rings (SSSR count). The first-order valence-electron chi connectivity index (χ1n) is 11.1. The molecular weight excluding hydrogens is 394 g/mol. The second-order valence-corrected chi connectivity index (χ2v) is 8.74. The minimum atomic E-state index is -0.527. The molecule has 3 nitrogen and oxygen atoms in total. The first-order valence-corrected chi connectivity index (χ1v) is 11.1. The summed E-state index contributed by atoms with van der Waals surface area (Å²) in [7, 11) is 3.97. The lowest BCUT2D eigenvalue weighted by Crippen LogP contribution is -2.39. The highest BCUT2D eigenvalue weighted by Crippen LogP contribution is 2.43. The van der Waals surface area contributed by atoms with Crippen LogP contribution in [0.1, 0.15) is 22.3 Å². The van der Waals surface area contributed by atoms with E-state index in [1.54, 1.807) is 0 Å². The number of hydrogen-bond donors (Lipinski definition) is 0. The lowest BCUT2D eigenvalue weighted by Gasteiger charge is -2.27. The molecule has 0 radical (unpaired) electrons. The molecule has 4 aromatic carbocycles. The van der Waals surface area contributed by atoms with Crippen molar-refractivity contribution in [2.75, 3.05) is 14.1 Å². The van der Waals surface area contributed by atoms with Crippen LogP contribution in [0, 0.1) is 0 Å². The second kappa shape index (κ2) is 7.54. The number of ether oxygens (including phenoxy) is 2. The Labute approximate surface area is 188 Å². The molecule has 0 fully saturated rings. The fourth-order valence-corrected chi connectivity index (χ4v) is 4.93. The van der Waals surface area contributed by atoms with Crippen LogP contribution in [0.5, 0.6) is 11.5 Å². The van der Waals surface area contributed by atoms with Gasteiger partial charge in [0.15, 0.2) is 0 Å². The number of hydrogen-bond acceptors (Lipinski definition) is 3. The summed E-state index contributed by atoms with van der Waals surface area (Å²) in [6.45, 7) is 0. The average Bonchev–Trinajstić information content (AvgIpc) is 3.38. The van der Waals surface area contributed by atoms with Gasteiger partial charge in [-0.05, 0) is 59.6 Å². The van der Waals surface area contributed by atoms with Crippen LogP contribution in [0.2, 0.25) is 0 Å². The third-order valence-electron chi connectivity index (χ3n) is 6.49. The molecule has 0 saturated heterocycles. The van der Waals surface area contributed by atoms with Gasteiger partial charge in [0.05, 0.1) is 0 Å². The highest BCUT2D eigenvalue weighted by atomic mass is 16.7. The Bertz CT molecular complexity index is 1230. The quantitative estimate of drug-likeness (QED) is 0.314. The second-order valence-electron chi connectivity index (χ2n) is 8.74. The van der Waals surface area contributed by atoms with E-state index in [2.05, 4.69) is 84.9 Å². The highest BCUT2D eigenvalue weighted by Gasteiger charge is 2.26. The Morgan fingerprint density at radius 1 is 0.562 bits per heavy atom. The SMILES string of the molecule is CN(C)C(Oc1cccc2c1Cc1ccccc1-2)Oc1cccc2c1Cc1ccccc1-2. The molecule has 0 heterocycles. The molecule has 0 aliphatic heterocycles. The molecule has 2 aliphatic rings. The average molecular weight is 420 g/mol. The van der Waals surface area contributed by atoms with E-state index >= 15 is 0 Å². The van der Waals surface area contributed by atoms with Gasteiger partial charge in [-0.1, -0.05) is 72.8 Å². The third kappa shape index (κ3) is 3.09. The van der Waals surface area contributed by atoms with Crippen LogP contribution in [0.15, 0.2) is 84.9 Å². The molecule has 0 saturated carbocycles. The first-order chi connectivity index (χ1) is 15.7. The molecule has 0 atom stereocenters. The Morgan fingerprint density at radius 2 is 1.00 bits per heavy atom. The highest BCUT2D eigenvalue weighted by molar-refractivity contribution is 5.80. The molecule has 32 heavy (non-hydrogen) atoms. The van der Waals surface area contributed by atoms with Gasteiger partial charge in [-0.2, -0.15) is 0 Å². The number of rotatable bonds is 5. The van der Waals surface area contributed by atoms with Crippen LogP contribution in [0.25, 0.3) is 22.3 Å². The van der Waals surface area contributed by atoms with E-state index in [0.717, 1.165) is 24.3 Å². The molecule has 0 N–H and O–H groups in total. The lowest BCUT2D eigenvalue weighted by molar-refractivity contribution is -0.0940. The molecule has 4 aromatic rings. The lowest BCUT2D eigenvalue weighted by atomic mass is 10.1. The maximum atomic E-state index is 6.49. The summed E-state index contributed by atoms with van der Waals surface area (Å²) in [6, 6.07) is 29.8. The minimum absolute atomic E-state index is 0.527. The summed E-state index contributed by atoms with van der Waals surface area (Å²) in [5.41, 5.74) is 10.3. The van der Waals surface area contributed by atoms with Crippen molar-refractivity contribution >= 4 is 0 Å². The molecule has 0 unspecified atom stereocenters. The molecule has 0 amide bonds. The number of nitrogens with zero attached hydrogens (tertiary/aromatic N) is 1. The topological polar surface area (TPSA) is 21.7 Å². The van der Waals surface area contributed by atoms with E-state index in [0.29, 0.717) is 0 Å². The standard InChI is InChI=1S/C29H25NO2/c1-30(2)29(31-27-15-7-13-23-21-11-5-3-9-19(21)17-25(23)27)32-28-16-8-14-24-22-12-6-4-10-20(22)18-26(24)28/h3-16,29H,17-18H2,1-2H3. The summed E-state index contributed by atoms with van der Waals surface area (Å²) >= 11 is 0. The fourth-order valence-electron chi connectivity index (χ4n) is 4.93. The van der Waals surface area contributed by atoms with Gasteiger partial charge in [0.25, 0.3) is 0 Å². The maximum absolute atomic E-state index is 6.49. The zero-order valence-electron chi connectivity index (χ0n) is 18.3. The van der Waals surface area contributed by atoms with E-state index in [1.807, 2.05) is 19.0 Å². The summed E-state index contributed by atoms with van der Waals surface area (Å²) in [4.78, 5) is 1.98. The van der Waals surface area contributed by atoms with Crippen LogP contribution in [0.4, 0.5) is 0 Å². The Hall–Kier alpha value is -3.56. The van der Waals surface area contributed by atoms with Crippen LogP contribution >= 0.6 is 0 Å². The van der Waals surface area contributed by atoms with Gasteiger partial charge in [0, 0.05) is 24.0 Å². The van der Waals surface area contributed by atoms with Crippen molar-refractivity contribution in [1.29, 1.82) is 0 Å². The van der Waals surface area contributed by atoms with Gasteiger partial charge in [0.2, 0.25) is 0 Å². The molecule has 0 aromatic heterocycles. The summed E-state index contributed by atoms with van der Waals surface area (Å²) in [5, 5.41) is 0.